The summed E-state index contributed by atoms with van der Waals surface area (Å²) in [5.41, 5.74) is 2.43. The summed E-state index contributed by atoms with van der Waals surface area (Å²) < 4.78 is 0. The summed E-state index contributed by atoms with van der Waals surface area (Å²) in [6.07, 6.45) is 0. The zero-order valence-corrected chi connectivity index (χ0v) is 14.5. The molecule has 3 N–H and O–H groups in total. The molecule has 22 heavy (non-hydrogen) atoms. The summed E-state index contributed by atoms with van der Waals surface area (Å²) in [5, 5.41) is 15.7. The number of nitrogens with zero attached hydrogens (tertiary/aromatic N) is 1. The number of aliphatic hydroxyl groups is 1. The van der Waals surface area contributed by atoms with Gasteiger partial charge in [0.25, 0.3) is 0 Å². The molecule has 5 heteroatoms. The number of benzene rings is 1. The van der Waals surface area contributed by atoms with Crippen molar-refractivity contribution in [3.05, 3.63) is 29.3 Å². The summed E-state index contributed by atoms with van der Waals surface area (Å²) in [6, 6.07) is 5.88. The lowest BCUT2D eigenvalue weighted by molar-refractivity contribution is 0.0166. The first-order chi connectivity index (χ1) is 10.1. The highest BCUT2D eigenvalue weighted by molar-refractivity contribution is 5.74. The topological polar surface area (TPSA) is 64.6 Å². The minimum atomic E-state index is -0.907. The van der Waals surface area contributed by atoms with Crippen LogP contribution < -0.4 is 15.5 Å². The maximum Gasteiger partial charge on any atom is 0.315 e. The van der Waals surface area contributed by atoms with E-state index in [0.29, 0.717) is 6.54 Å². The molecule has 0 saturated heterocycles. The van der Waals surface area contributed by atoms with Crippen LogP contribution in [0.5, 0.6) is 0 Å². The predicted molar refractivity (Wildman–Crippen MR) is 91.2 cm³/mol. The SMILES string of the molecule is Cc1ccc(CNC(=O)NCC(C)(O)C(C)C)c(N(C)C)c1. The minimum absolute atomic E-state index is 0.0743. The van der Waals surface area contributed by atoms with Crippen LogP contribution in [0, 0.1) is 12.8 Å². The highest BCUT2D eigenvalue weighted by atomic mass is 16.3. The average molecular weight is 307 g/mol. The van der Waals surface area contributed by atoms with Gasteiger partial charge in [-0.25, -0.2) is 4.79 Å². The van der Waals surface area contributed by atoms with E-state index < -0.39 is 5.60 Å². The van der Waals surface area contributed by atoms with E-state index in [0.717, 1.165) is 11.3 Å². The molecular formula is C17H29N3O2. The van der Waals surface area contributed by atoms with Crippen LogP contribution >= 0.6 is 0 Å². The average Bonchev–Trinajstić information content (AvgIpc) is 2.43. The number of hydrogen-bond acceptors (Lipinski definition) is 3. The molecule has 0 aliphatic rings. The molecule has 0 saturated carbocycles. The first-order valence-electron chi connectivity index (χ1n) is 7.64. The molecule has 0 aromatic heterocycles. The summed E-state index contributed by atoms with van der Waals surface area (Å²) in [5.74, 6) is 0.0743. The van der Waals surface area contributed by atoms with Gasteiger partial charge in [-0.1, -0.05) is 26.0 Å². The van der Waals surface area contributed by atoms with Crippen molar-refractivity contribution in [1.82, 2.24) is 10.6 Å². The highest BCUT2D eigenvalue weighted by Gasteiger charge is 2.25. The van der Waals surface area contributed by atoms with E-state index in [1.807, 2.05) is 51.9 Å². The zero-order chi connectivity index (χ0) is 16.9. The van der Waals surface area contributed by atoms with Gasteiger partial charge in [-0.15, -0.1) is 0 Å². The molecule has 0 spiro atoms. The van der Waals surface area contributed by atoms with Crippen molar-refractivity contribution in [1.29, 1.82) is 0 Å². The number of amides is 2. The minimum Gasteiger partial charge on any atom is -0.388 e. The van der Waals surface area contributed by atoms with Crippen LogP contribution in [0.1, 0.15) is 31.9 Å². The molecule has 0 aliphatic heterocycles. The van der Waals surface area contributed by atoms with Crippen LogP contribution in [-0.2, 0) is 6.54 Å². The Hall–Kier alpha value is -1.75. The third kappa shape index (κ3) is 5.22. The molecule has 1 unspecified atom stereocenters. The fourth-order valence-corrected chi connectivity index (χ4v) is 1.94. The summed E-state index contributed by atoms with van der Waals surface area (Å²) in [7, 11) is 3.97. The molecule has 0 heterocycles. The Morgan fingerprint density at radius 1 is 1.32 bits per heavy atom. The molecule has 1 rings (SSSR count). The lowest BCUT2D eigenvalue weighted by Gasteiger charge is -2.27. The molecule has 124 valence electrons. The molecule has 2 amide bonds. The fourth-order valence-electron chi connectivity index (χ4n) is 1.94. The summed E-state index contributed by atoms with van der Waals surface area (Å²) in [6.45, 7) is 8.30. The Balaban J connectivity index is 2.58. The Bertz CT molecular complexity index is 511. The third-order valence-electron chi connectivity index (χ3n) is 4.01. The van der Waals surface area contributed by atoms with E-state index in [1.165, 1.54) is 5.56 Å². The second-order valence-corrected chi connectivity index (χ2v) is 6.57. The molecule has 5 nitrogen and oxygen atoms in total. The Labute approximate surface area is 133 Å². The van der Waals surface area contributed by atoms with Gasteiger partial charge in [0, 0.05) is 32.9 Å². The number of anilines is 1. The first kappa shape index (κ1) is 18.3. The molecule has 1 atom stereocenters. The van der Waals surface area contributed by atoms with E-state index in [1.54, 1.807) is 6.92 Å². The third-order valence-corrected chi connectivity index (χ3v) is 4.01. The molecule has 0 aliphatic carbocycles. The van der Waals surface area contributed by atoms with Crippen LogP contribution in [0.15, 0.2) is 18.2 Å². The van der Waals surface area contributed by atoms with Crippen LogP contribution in [0.4, 0.5) is 10.5 Å². The van der Waals surface area contributed by atoms with Gasteiger partial charge in [0.05, 0.1) is 5.60 Å². The molecule has 0 bridgehead atoms. The Morgan fingerprint density at radius 3 is 2.50 bits per heavy atom. The van der Waals surface area contributed by atoms with Crippen LogP contribution in [0.2, 0.25) is 0 Å². The molecule has 0 fully saturated rings. The Morgan fingerprint density at radius 2 is 1.95 bits per heavy atom. The standard InChI is InChI=1S/C17H29N3O2/c1-12(2)17(4,22)11-19-16(21)18-10-14-8-7-13(3)9-15(14)20(5)6/h7-9,12,22H,10-11H2,1-6H3,(H2,18,19,21). The highest BCUT2D eigenvalue weighted by Crippen LogP contribution is 2.20. The van der Waals surface area contributed by atoms with Crippen molar-refractivity contribution in [3.63, 3.8) is 0 Å². The van der Waals surface area contributed by atoms with Crippen molar-refractivity contribution < 1.29 is 9.90 Å². The van der Waals surface area contributed by atoms with Crippen molar-refractivity contribution in [2.45, 2.75) is 39.8 Å². The van der Waals surface area contributed by atoms with Gasteiger partial charge < -0.3 is 20.6 Å². The smallest absolute Gasteiger partial charge is 0.315 e. The van der Waals surface area contributed by atoms with Crippen molar-refractivity contribution in [3.8, 4) is 0 Å². The van der Waals surface area contributed by atoms with Gasteiger partial charge in [0.15, 0.2) is 0 Å². The van der Waals surface area contributed by atoms with E-state index >= 15 is 0 Å². The normalized spacial score (nSPS) is 13.6. The lowest BCUT2D eigenvalue weighted by Crippen LogP contribution is -2.47. The fraction of sp³-hybridized carbons (Fsp3) is 0.588. The summed E-state index contributed by atoms with van der Waals surface area (Å²) in [4.78, 5) is 13.9. The second kappa shape index (κ2) is 7.49. The predicted octanol–water partition coefficient (Wildman–Crippen LogP) is 2.27. The maximum atomic E-state index is 11.9. The molecule has 1 aromatic carbocycles. The number of aryl methyl sites for hydroxylation is 1. The number of hydrogen-bond donors (Lipinski definition) is 3. The first-order valence-corrected chi connectivity index (χ1v) is 7.64. The van der Waals surface area contributed by atoms with Crippen molar-refractivity contribution in [2.24, 2.45) is 5.92 Å². The van der Waals surface area contributed by atoms with Crippen molar-refractivity contribution in [2.75, 3.05) is 25.5 Å². The number of nitrogens with one attached hydrogen (secondary N) is 2. The van der Waals surface area contributed by atoms with Gasteiger partial charge in [-0.05, 0) is 37.0 Å². The van der Waals surface area contributed by atoms with Gasteiger partial charge >= 0.3 is 6.03 Å². The van der Waals surface area contributed by atoms with Gasteiger partial charge in [0.1, 0.15) is 0 Å². The second-order valence-electron chi connectivity index (χ2n) is 6.57. The largest absolute Gasteiger partial charge is 0.388 e. The van der Waals surface area contributed by atoms with E-state index in [4.69, 9.17) is 0 Å². The number of carbonyl (C=O) groups excluding carboxylic acids is 1. The lowest BCUT2D eigenvalue weighted by atomic mass is 9.93. The monoisotopic (exact) mass is 307 g/mol. The molecule has 1 aromatic rings. The molecular weight excluding hydrogens is 278 g/mol. The molecule has 0 radical (unpaired) electrons. The number of carbonyl (C=O) groups is 1. The van der Waals surface area contributed by atoms with Crippen LogP contribution in [0.25, 0.3) is 0 Å². The van der Waals surface area contributed by atoms with Gasteiger partial charge in [-0.2, -0.15) is 0 Å². The van der Waals surface area contributed by atoms with Crippen LogP contribution in [-0.4, -0.2) is 37.4 Å². The Kier molecular flexibility index (Phi) is 6.23. The van der Waals surface area contributed by atoms with Gasteiger partial charge in [-0.3, -0.25) is 0 Å². The maximum absolute atomic E-state index is 11.9. The number of rotatable bonds is 6. The van der Waals surface area contributed by atoms with Crippen LogP contribution in [0.3, 0.4) is 0 Å². The van der Waals surface area contributed by atoms with Gasteiger partial charge in [0.2, 0.25) is 0 Å². The quantitative estimate of drug-likeness (QED) is 0.755. The number of urea groups is 1. The van der Waals surface area contributed by atoms with Crippen molar-refractivity contribution >= 4 is 11.7 Å². The van der Waals surface area contributed by atoms with E-state index in [-0.39, 0.29) is 18.5 Å². The van der Waals surface area contributed by atoms with E-state index in [9.17, 15) is 9.90 Å². The summed E-state index contributed by atoms with van der Waals surface area (Å²) >= 11 is 0. The van der Waals surface area contributed by atoms with E-state index in [2.05, 4.69) is 16.7 Å². The zero-order valence-electron chi connectivity index (χ0n) is 14.5.